The molecule has 0 atom stereocenters. The molecule has 0 unspecified atom stereocenters. The number of rotatable bonds is 6. The summed E-state index contributed by atoms with van der Waals surface area (Å²) in [5.41, 5.74) is 0.417. The number of amides is 1. The molecule has 6 nitrogen and oxygen atoms in total. The van der Waals surface area contributed by atoms with Gasteiger partial charge < -0.3 is 14.3 Å². The molecule has 0 spiro atoms. The van der Waals surface area contributed by atoms with Crippen LogP contribution in [0.4, 0.5) is 0 Å². The van der Waals surface area contributed by atoms with Gasteiger partial charge in [0.2, 0.25) is 0 Å². The Morgan fingerprint density at radius 3 is 2.38 bits per heavy atom. The summed E-state index contributed by atoms with van der Waals surface area (Å²) in [6.07, 6.45) is 0. The second kappa shape index (κ2) is 7.56. The van der Waals surface area contributed by atoms with Gasteiger partial charge in [-0.25, -0.2) is 0 Å². The Labute approximate surface area is 126 Å². The summed E-state index contributed by atoms with van der Waals surface area (Å²) in [6.45, 7) is 13.6. The van der Waals surface area contributed by atoms with E-state index < -0.39 is 0 Å². The zero-order chi connectivity index (χ0) is 15.2. The monoisotopic (exact) mass is 294 g/mol. The lowest BCUT2D eigenvalue weighted by Crippen LogP contribution is -2.45. The molecule has 21 heavy (non-hydrogen) atoms. The molecule has 1 fully saturated rings. The molecule has 0 saturated carbocycles. The lowest BCUT2D eigenvalue weighted by Gasteiger charge is -2.33. The van der Waals surface area contributed by atoms with Crippen molar-refractivity contribution in [2.75, 3.05) is 45.8 Å². The lowest BCUT2D eigenvalue weighted by atomic mass is 10.2. The summed E-state index contributed by atoms with van der Waals surface area (Å²) >= 11 is 0. The second-order valence-electron chi connectivity index (χ2n) is 5.37. The Morgan fingerprint density at radius 1 is 1.19 bits per heavy atom. The molecule has 0 aromatic carbocycles. The van der Waals surface area contributed by atoms with Gasteiger partial charge in [-0.05, 0) is 20.4 Å². The molecule has 2 heterocycles. The van der Waals surface area contributed by atoms with Crippen molar-refractivity contribution in [2.24, 2.45) is 0 Å². The van der Waals surface area contributed by atoms with Crippen LogP contribution in [0.1, 0.15) is 37.0 Å². The van der Waals surface area contributed by atoms with Crippen LogP contribution in [0.5, 0.6) is 0 Å². The molecular weight excluding hydrogens is 268 g/mol. The minimum atomic E-state index is -0.0502. The summed E-state index contributed by atoms with van der Waals surface area (Å²) < 4.78 is 5.33. The van der Waals surface area contributed by atoms with E-state index in [9.17, 15) is 4.79 Å². The van der Waals surface area contributed by atoms with Crippen molar-refractivity contribution < 1.29 is 9.32 Å². The Bertz CT molecular complexity index is 448. The van der Waals surface area contributed by atoms with E-state index in [1.54, 1.807) is 11.0 Å². The number of hydrogen-bond donors (Lipinski definition) is 0. The molecule has 0 aliphatic carbocycles. The van der Waals surface area contributed by atoms with Crippen LogP contribution >= 0.6 is 0 Å². The van der Waals surface area contributed by atoms with Crippen LogP contribution in [-0.2, 0) is 6.54 Å². The van der Waals surface area contributed by atoms with Crippen molar-refractivity contribution in [2.45, 2.75) is 27.3 Å². The first kappa shape index (κ1) is 16.0. The average Bonchev–Trinajstić information content (AvgIpc) is 2.97. The smallest absolute Gasteiger partial charge is 0.276 e. The van der Waals surface area contributed by atoms with Crippen LogP contribution in [0.25, 0.3) is 0 Å². The third kappa shape index (κ3) is 4.04. The van der Waals surface area contributed by atoms with Crippen molar-refractivity contribution >= 4 is 5.91 Å². The van der Waals surface area contributed by atoms with Crippen LogP contribution < -0.4 is 0 Å². The van der Waals surface area contributed by atoms with Gasteiger partial charge in [0.1, 0.15) is 0 Å². The van der Waals surface area contributed by atoms with Gasteiger partial charge >= 0.3 is 0 Å². The van der Waals surface area contributed by atoms with Gasteiger partial charge in [0, 0.05) is 45.3 Å². The Kier molecular flexibility index (Phi) is 5.76. The van der Waals surface area contributed by atoms with Gasteiger partial charge in [0.25, 0.3) is 5.91 Å². The normalized spacial score (nSPS) is 17.1. The van der Waals surface area contributed by atoms with E-state index in [1.807, 2.05) is 13.8 Å². The summed E-state index contributed by atoms with van der Waals surface area (Å²) in [4.78, 5) is 18.7. The van der Waals surface area contributed by atoms with E-state index in [0.29, 0.717) is 18.8 Å². The Balaban J connectivity index is 1.90. The molecular formula is C15H26N4O2. The SMILES string of the molecule is CCN1CCN(Cc2cc(C(=O)N(CC)CC)no2)CC1. The summed E-state index contributed by atoms with van der Waals surface area (Å²) in [7, 11) is 0. The minimum absolute atomic E-state index is 0.0502. The summed E-state index contributed by atoms with van der Waals surface area (Å²) in [6, 6.07) is 1.78. The number of hydrogen-bond acceptors (Lipinski definition) is 5. The second-order valence-corrected chi connectivity index (χ2v) is 5.37. The maximum atomic E-state index is 12.2. The predicted octanol–water partition coefficient (Wildman–Crippen LogP) is 1.29. The molecule has 1 aromatic rings. The number of aromatic nitrogens is 1. The van der Waals surface area contributed by atoms with Gasteiger partial charge in [-0.3, -0.25) is 9.69 Å². The number of piperazine rings is 1. The van der Waals surface area contributed by atoms with Gasteiger partial charge in [0.05, 0.1) is 6.54 Å². The zero-order valence-electron chi connectivity index (χ0n) is 13.3. The van der Waals surface area contributed by atoms with Crippen molar-refractivity contribution in [3.05, 3.63) is 17.5 Å². The quantitative estimate of drug-likeness (QED) is 0.791. The van der Waals surface area contributed by atoms with E-state index in [4.69, 9.17) is 4.52 Å². The number of nitrogens with zero attached hydrogens (tertiary/aromatic N) is 4. The highest BCUT2D eigenvalue weighted by Gasteiger charge is 2.20. The minimum Gasteiger partial charge on any atom is -0.359 e. The first-order chi connectivity index (χ1) is 10.2. The summed E-state index contributed by atoms with van der Waals surface area (Å²) in [5, 5.41) is 3.93. The molecule has 1 saturated heterocycles. The topological polar surface area (TPSA) is 52.8 Å². The predicted molar refractivity (Wildman–Crippen MR) is 81.1 cm³/mol. The molecule has 2 rings (SSSR count). The van der Waals surface area contributed by atoms with Crippen LogP contribution in [0.15, 0.2) is 10.6 Å². The van der Waals surface area contributed by atoms with Gasteiger partial charge in [0.15, 0.2) is 11.5 Å². The van der Waals surface area contributed by atoms with E-state index in [-0.39, 0.29) is 5.91 Å². The molecule has 1 aliphatic rings. The van der Waals surface area contributed by atoms with E-state index >= 15 is 0 Å². The first-order valence-corrected chi connectivity index (χ1v) is 7.87. The first-order valence-electron chi connectivity index (χ1n) is 7.87. The molecule has 6 heteroatoms. The Morgan fingerprint density at radius 2 is 1.81 bits per heavy atom. The molecule has 1 aromatic heterocycles. The Hall–Kier alpha value is -1.40. The molecule has 1 amide bonds. The maximum Gasteiger partial charge on any atom is 0.276 e. The fraction of sp³-hybridized carbons (Fsp3) is 0.733. The van der Waals surface area contributed by atoms with E-state index in [0.717, 1.165) is 45.0 Å². The van der Waals surface area contributed by atoms with Crippen molar-refractivity contribution in [1.29, 1.82) is 0 Å². The van der Waals surface area contributed by atoms with Crippen LogP contribution in [0.3, 0.4) is 0 Å². The van der Waals surface area contributed by atoms with Gasteiger partial charge in [-0.2, -0.15) is 0 Å². The zero-order valence-corrected chi connectivity index (χ0v) is 13.3. The third-order valence-electron chi connectivity index (χ3n) is 4.12. The molecule has 0 N–H and O–H groups in total. The van der Waals surface area contributed by atoms with Gasteiger partial charge in [-0.15, -0.1) is 0 Å². The average molecular weight is 294 g/mol. The van der Waals surface area contributed by atoms with E-state index in [1.165, 1.54) is 0 Å². The lowest BCUT2D eigenvalue weighted by molar-refractivity contribution is 0.0762. The largest absolute Gasteiger partial charge is 0.359 e. The van der Waals surface area contributed by atoms with Crippen LogP contribution in [-0.4, -0.2) is 71.6 Å². The maximum absolute atomic E-state index is 12.2. The molecule has 0 radical (unpaired) electrons. The van der Waals surface area contributed by atoms with Crippen molar-refractivity contribution in [3.8, 4) is 0 Å². The standard InChI is InChI=1S/C15H26N4O2/c1-4-17-7-9-18(10-8-17)12-13-11-14(16-21-13)15(20)19(5-2)6-3/h11H,4-10,12H2,1-3H3. The molecule has 118 valence electrons. The highest BCUT2D eigenvalue weighted by Crippen LogP contribution is 2.11. The van der Waals surface area contributed by atoms with Crippen LogP contribution in [0.2, 0.25) is 0 Å². The highest BCUT2D eigenvalue weighted by atomic mass is 16.5. The van der Waals surface area contributed by atoms with Crippen LogP contribution in [0, 0.1) is 0 Å². The fourth-order valence-electron chi connectivity index (χ4n) is 2.65. The highest BCUT2D eigenvalue weighted by molar-refractivity contribution is 5.92. The fourth-order valence-corrected chi connectivity index (χ4v) is 2.65. The van der Waals surface area contributed by atoms with E-state index in [2.05, 4.69) is 21.9 Å². The van der Waals surface area contributed by atoms with Crippen molar-refractivity contribution in [1.82, 2.24) is 19.9 Å². The molecule has 0 bridgehead atoms. The number of likely N-dealkylation sites (N-methyl/N-ethyl adjacent to an activating group) is 1. The molecule has 1 aliphatic heterocycles. The summed E-state index contributed by atoms with van der Waals surface area (Å²) in [5.74, 6) is 0.723. The third-order valence-corrected chi connectivity index (χ3v) is 4.12. The number of carbonyl (C=O) groups excluding carboxylic acids is 1. The van der Waals surface area contributed by atoms with Crippen molar-refractivity contribution in [3.63, 3.8) is 0 Å². The number of carbonyl (C=O) groups is 1. The van der Waals surface area contributed by atoms with Gasteiger partial charge in [-0.1, -0.05) is 12.1 Å².